The van der Waals surface area contributed by atoms with Crippen LogP contribution in [0.3, 0.4) is 0 Å². The highest BCUT2D eigenvalue weighted by Crippen LogP contribution is 2.15. The molecule has 2 aliphatic heterocycles. The van der Waals surface area contributed by atoms with Crippen molar-refractivity contribution in [1.82, 2.24) is 18.4 Å². The van der Waals surface area contributed by atoms with Crippen molar-refractivity contribution in [2.24, 2.45) is 0 Å². The molecule has 8 heteroatoms. The van der Waals surface area contributed by atoms with Gasteiger partial charge in [-0.05, 0) is 7.05 Å². The van der Waals surface area contributed by atoms with Gasteiger partial charge < -0.3 is 4.90 Å². The highest BCUT2D eigenvalue weighted by atomic mass is 35.5. The summed E-state index contributed by atoms with van der Waals surface area (Å²) in [6.07, 6.45) is 0. The zero-order chi connectivity index (χ0) is 14.8. The van der Waals surface area contributed by atoms with Gasteiger partial charge in [0.15, 0.2) is 0 Å². The molecule has 0 atom stereocenters. The van der Waals surface area contributed by atoms with E-state index in [-0.39, 0.29) is 0 Å². The Bertz CT molecular complexity index is 440. The van der Waals surface area contributed by atoms with E-state index in [1.54, 1.807) is 8.61 Å². The molecule has 0 amide bonds. The van der Waals surface area contributed by atoms with E-state index in [4.69, 9.17) is 11.6 Å². The molecule has 0 radical (unpaired) electrons. The van der Waals surface area contributed by atoms with E-state index in [1.807, 2.05) is 7.05 Å². The Labute approximate surface area is 126 Å². The first-order chi connectivity index (χ1) is 9.39. The van der Waals surface area contributed by atoms with Crippen LogP contribution < -0.4 is 0 Å². The van der Waals surface area contributed by atoms with Crippen molar-refractivity contribution in [2.45, 2.75) is 0 Å². The molecule has 0 aromatic carbocycles. The van der Waals surface area contributed by atoms with Crippen LogP contribution in [-0.2, 0) is 10.2 Å². The first kappa shape index (κ1) is 16.2. The third-order valence-electron chi connectivity index (χ3n) is 3.84. The molecule has 2 aliphatic rings. The lowest BCUT2D eigenvalue weighted by Crippen LogP contribution is -2.56. The van der Waals surface area contributed by atoms with E-state index in [1.165, 1.54) is 0 Å². The molecule has 2 saturated heterocycles. The van der Waals surface area contributed by atoms with Crippen LogP contribution in [0.15, 0.2) is 11.6 Å². The van der Waals surface area contributed by atoms with Crippen molar-refractivity contribution in [2.75, 3.05) is 66.0 Å². The van der Waals surface area contributed by atoms with Crippen LogP contribution in [0.4, 0.5) is 0 Å². The second-order valence-electron chi connectivity index (χ2n) is 5.40. The van der Waals surface area contributed by atoms with Crippen LogP contribution in [-0.4, -0.2) is 92.8 Å². The molecule has 0 bridgehead atoms. The average molecular weight is 323 g/mol. The van der Waals surface area contributed by atoms with Crippen LogP contribution in [0.1, 0.15) is 0 Å². The molecule has 0 N–H and O–H groups in total. The quantitative estimate of drug-likeness (QED) is 0.722. The third kappa shape index (κ3) is 3.93. The first-order valence-corrected chi connectivity index (χ1v) is 8.66. The van der Waals surface area contributed by atoms with Crippen LogP contribution in [0.2, 0.25) is 0 Å². The minimum Gasteiger partial charge on any atom is -0.304 e. The molecule has 0 saturated carbocycles. The number of likely N-dealkylation sites (N-methyl/N-ethyl adjacent to an activating group) is 1. The Morgan fingerprint density at radius 3 is 1.90 bits per heavy atom. The van der Waals surface area contributed by atoms with Crippen molar-refractivity contribution < 1.29 is 8.42 Å². The van der Waals surface area contributed by atoms with E-state index in [0.717, 1.165) is 13.1 Å². The standard InChI is InChI=1S/C12H23ClN4O2S/c1-12(13)11-15-5-9-17(10-6-15)20(18,19)16-7-3-14(2)4-8-16/h1,3-11H2,2H3. The van der Waals surface area contributed by atoms with E-state index < -0.39 is 10.2 Å². The van der Waals surface area contributed by atoms with Gasteiger partial charge in [-0.25, -0.2) is 0 Å². The fraction of sp³-hybridized carbons (Fsp3) is 0.833. The number of piperazine rings is 2. The summed E-state index contributed by atoms with van der Waals surface area (Å²) >= 11 is 5.79. The van der Waals surface area contributed by atoms with Crippen LogP contribution >= 0.6 is 11.6 Å². The van der Waals surface area contributed by atoms with Crippen LogP contribution in [0.25, 0.3) is 0 Å². The summed E-state index contributed by atoms with van der Waals surface area (Å²) in [5.41, 5.74) is 0. The molecule has 2 heterocycles. The van der Waals surface area contributed by atoms with Crippen molar-refractivity contribution >= 4 is 21.8 Å². The third-order valence-corrected chi connectivity index (χ3v) is 6.00. The molecule has 0 aliphatic carbocycles. The summed E-state index contributed by atoms with van der Waals surface area (Å²) in [6.45, 7) is 9.53. The second-order valence-corrected chi connectivity index (χ2v) is 7.87. The molecule has 0 unspecified atom stereocenters. The molecule has 6 nitrogen and oxygen atoms in total. The molecule has 0 aromatic heterocycles. The Balaban J connectivity index is 1.90. The summed E-state index contributed by atoms with van der Waals surface area (Å²) in [7, 11) is -1.29. The summed E-state index contributed by atoms with van der Waals surface area (Å²) in [4.78, 5) is 4.28. The second kappa shape index (κ2) is 6.72. The van der Waals surface area contributed by atoms with Crippen LogP contribution in [0, 0.1) is 0 Å². The van der Waals surface area contributed by atoms with E-state index in [9.17, 15) is 8.42 Å². The van der Waals surface area contributed by atoms with Gasteiger partial charge in [0.1, 0.15) is 0 Å². The molecular formula is C12H23ClN4O2S. The monoisotopic (exact) mass is 322 g/mol. The molecule has 0 aromatic rings. The van der Waals surface area contributed by atoms with Gasteiger partial charge in [-0.15, -0.1) is 0 Å². The summed E-state index contributed by atoms with van der Waals surface area (Å²) in [6, 6.07) is 0. The molecular weight excluding hydrogens is 300 g/mol. The zero-order valence-corrected chi connectivity index (χ0v) is 13.5. The maximum absolute atomic E-state index is 12.5. The zero-order valence-electron chi connectivity index (χ0n) is 12.0. The van der Waals surface area contributed by atoms with Crippen LogP contribution in [0.5, 0.6) is 0 Å². The first-order valence-electron chi connectivity index (χ1n) is 6.89. The lowest BCUT2D eigenvalue weighted by molar-refractivity contribution is 0.178. The summed E-state index contributed by atoms with van der Waals surface area (Å²) in [5, 5.41) is 0.598. The Morgan fingerprint density at radius 1 is 1.00 bits per heavy atom. The Morgan fingerprint density at radius 2 is 1.45 bits per heavy atom. The van der Waals surface area contributed by atoms with Crippen molar-refractivity contribution in [3.05, 3.63) is 11.6 Å². The number of hydrogen-bond acceptors (Lipinski definition) is 4. The van der Waals surface area contributed by atoms with Gasteiger partial charge in [-0.3, -0.25) is 4.90 Å². The van der Waals surface area contributed by atoms with E-state index in [0.29, 0.717) is 50.8 Å². The maximum atomic E-state index is 12.5. The van der Waals surface area contributed by atoms with Gasteiger partial charge in [0.05, 0.1) is 0 Å². The van der Waals surface area contributed by atoms with Gasteiger partial charge in [0.25, 0.3) is 10.2 Å². The fourth-order valence-electron chi connectivity index (χ4n) is 2.54. The topological polar surface area (TPSA) is 47.1 Å². The largest absolute Gasteiger partial charge is 0.304 e. The van der Waals surface area contributed by atoms with E-state index in [2.05, 4.69) is 16.4 Å². The maximum Gasteiger partial charge on any atom is 0.282 e. The van der Waals surface area contributed by atoms with Gasteiger partial charge in [0.2, 0.25) is 0 Å². The molecule has 20 heavy (non-hydrogen) atoms. The summed E-state index contributed by atoms with van der Waals surface area (Å²) < 4.78 is 28.3. The predicted molar refractivity (Wildman–Crippen MR) is 81.0 cm³/mol. The van der Waals surface area contributed by atoms with Gasteiger partial charge in [-0.2, -0.15) is 17.0 Å². The number of nitrogens with zero attached hydrogens (tertiary/aromatic N) is 4. The van der Waals surface area contributed by atoms with Gasteiger partial charge in [0, 0.05) is 63.9 Å². The van der Waals surface area contributed by atoms with Crippen molar-refractivity contribution in [3.8, 4) is 0 Å². The normalized spacial score (nSPS) is 24.9. The van der Waals surface area contributed by atoms with Gasteiger partial charge >= 0.3 is 0 Å². The lowest BCUT2D eigenvalue weighted by atomic mass is 10.3. The molecule has 116 valence electrons. The number of halogens is 1. The molecule has 2 rings (SSSR count). The lowest BCUT2D eigenvalue weighted by Gasteiger charge is -2.39. The fourth-order valence-corrected chi connectivity index (χ4v) is 4.29. The Kier molecular flexibility index (Phi) is 5.44. The van der Waals surface area contributed by atoms with Crippen molar-refractivity contribution in [1.29, 1.82) is 0 Å². The van der Waals surface area contributed by atoms with Gasteiger partial charge in [-0.1, -0.05) is 18.2 Å². The average Bonchev–Trinajstić information content (AvgIpc) is 2.39. The van der Waals surface area contributed by atoms with E-state index >= 15 is 0 Å². The smallest absolute Gasteiger partial charge is 0.282 e. The Hall–Kier alpha value is -0.180. The highest BCUT2D eigenvalue weighted by molar-refractivity contribution is 7.86. The number of hydrogen-bond donors (Lipinski definition) is 0. The minimum atomic E-state index is -3.30. The predicted octanol–water partition coefficient (Wildman–Crippen LogP) is -0.151. The van der Waals surface area contributed by atoms with Crippen molar-refractivity contribution in [3.63, 3.8) is 0 Å². The summed E-state index contributed by atoms with van der Waals surface area (Å²) in [5.74, 6) is 0. The minimum absolute atomic E-state index is 0.527. The number of rotatable bonds is 4. The molecule has 0 spiro atoms. The highest BCUT2D eigenvalue weighted by Gasteiger charge is 2.33. The SMILES string of the molecule is C=C(Cl)CN1CCN(S(=O)(=O)N2CCN(C)CC2)CC1. The molecule has 2 fully saturated rings.